The number of hydrogen-bond donors (Lipinski definition) is 4. The molecule has 0 radical (unpaired) electrons. The summed E-state index contributed by atoms with van der Waals surface area (Å²) < 4.78 is 31.6. The van der Waals surface area contributed by atoms with E-state index in [1.165, 1.54) is 29.7 Å². The molecule has 0 unspecified atom stereocenters. The van der Waals surface area contributed by atoms with Crippen LogP contribution in [0.5, 0.6) is 0 Å². The summed E-state index contributed by atoms with van der Waals surface area (Å²) in [6, 6.07) is 6.05. The second-order valence-corrected chi connectivity index (χ2v) is 12.9. The monoisotopic (exact) mass is 605 g/mol. The summed E-state index contributed by atoms with van der Waals surface area (Å²) >= 11 is 0. The molecule has 234 valence electrons. The second-order valence-electron chi connectivity index (χ2n) is 10.9. The Hall–Kier alpha value is -3.45. The highest BCUT2D eigenvalue weighted by molar-refractivity contribution is 7.89. The van der Waals surface area contributed by atoms with Crippen molar-refractivity contribution in [1.29, 1.82) is 0 Å². The zero-order chi connectivity index (χ0) is 31.2. The fourth-order valence-corrected chi connectivity index (χ4v) is 4.90. The summed E-state index contributed by atoms with van der Waals surface area (Å²) in [6.45, 7) is 11.6. The van der Waals surface area contributed by atoms with Gasteiger partial charge in [0, 0.05) is 45.1 Å². The normalized spacial score (nSPS) is 11.7. The van der Waals surface area contributed by atoms with E-state index in [-0.39, 0.29) is 10.5 Å². The molecular weight excluding hydrogens is 558 g/mol. The van der Waals surface area contributed by atoms with Crippen LogP contribution in [0.1, 0.15) is 83.5 Å². The molecule has 2 rings (SSSR count). The Morgan fingerprint density at radius 1 is 0.929 bits per heavy atom. The van der Waals surface area contributed by atoms with Gasteiger partial charge in [-0.2, -0.15) is 4.98 Å². The van der Waals surface area contributed by atoms with Gasteiger partial charge in [-0.25, -0.2) is 22.5 Å². The maximum Gasteiger partial charge on any atom is 0.407 e. The van der Waals surface area contributed by atoms with Crippen molar-refractivity contribution in [2.75, 3.05) is 49.2 Å². The smallest absolute Gasteiger partial charge is 0.407 e. The fourth-order valence-electron chi connectivity index (χ4n) is 3.72. The molecule has 12 nitrogen and oxygen atoms in total. The summed E-state index contributed by atoms with van der Waals surface area (Å²) in [4.78, 5) is 33.9. The molecule has 2 amide bonds. The average Bonchev–Trinajstić information content (AvgIpc) is 2.93. The average molecular weight is 606 g/mol. The van der Waals surface area contributed by atoms with Gasteiger partial charge in [0.15, 0.2) is 0 Å². The molecule has 1 aromatic carbocycles. The number of ether oxygens (including phenoxy) is 1. The van der Waals surface area contributed by atoms with E-state index in [1.807, 2.05) is 20.8 Å². The van der Waals surface area contributed by atoms with Crippen LogP contribution in [-0.2, 0) is 14.8 Å². The zero-order valence-corrected chi connectivity index (χ0v) is 26.6. The topological polar surface area (TPSA) is 155 Å². The summed E-state index contributed by atoms with van der Waals surface area (Å²) in [5.41, 5.74) is 0.214. The molecule has 0 atom stereocenters. The van der Waals surface area contributed by atoms with E-state index in [0.717, 1.165) is 45.1 Å². The number of unbranched alkanes of at least 4 members (excludes halogenated alkanes) is 4. The maximum absolute atomic E-state index is 13.2. The number of rotatable bonds is 17. The van der Waals surface area contributed by atoms with E-state index in [2.05, 4.69) is 38.2 Å². The highest BCUT2D eigenvalue weighted by Crippen LogP contribution is 2.20. The number of alkyl carbamates (subject to hydrolysis) is 1. The van der Waals surface area contributed by atoms with Crippen molar-refractivity contribution < 1.29 is 22.7 Å². The molecule has 0 bridgehead atoms. The van der Waals surface area contributed by atoms with E-state index in [1.54, 1.807) is 19.1 Å². The lowest BCUT2D eigenvalue weighted by Crippen LogP contribution is -2.32. The van der Waals surface area contributed by atoms with Crippen molar-refractivity contribution >= 4 is 39.5 Å². The Bertz CT molecular complexity index is 1250. The number of sulfonamides is 1. The number of anilines is 3. The summed E-state index contributed by atoms with van der Waals surface area (Å²) in [5.74, 6) is 0.439. The molecule has 0 fully saturated rings. The maximum atomic E-state index is 13.2. The summed E-state index contributed by atoms with van der Waals surface area (Å²) in [5, 5.41) is 12.0. The number of nitrogens with one attached hydrogen (secondary N) is 4. The standard InChI is InChI=1S/C29H47N7O5S/c1-7-9-18-31-27-33-21-24(26(37)34-22-14-16-23(17-15-22)42(39,40)36(6)8-2)25(35-27)30-19-12-10-11-13-20-32-28(38)41-29(3,4)5/h14-17,21H,7-13,18-20H2,1-6H3,(H,32,38)(H,34,37)(H2,30,31,33,35). The summed E-state index contributed by atoms with van der Waals surface area (Å²) in [7, 11) is -2.06. The second kappa shape index (κ2) is 16.9. The van der Waals surface area contributed by atoms with E-state index in [9.17, 15) is 18.0 Å². The molecule has 1 aromatic heterocycles. The van der Waals surface area contributed by atoms with Crippen molar-refractivity contribution in [2.24, 2.45) is 0 Å². The SMILES string of the molecule is CCCCNc1ncc(C(=O)Nc2ccc(S(=O)(=O)N(C)CC)cc2)c(NCCCCCCNC(=O)OC(C)(C)C)n1. The lowest BCUT2D eigenvalue weighted by atomic mass is 10.2. The van der Waals surface area contributed by atoms with Gasteiger partial charge in [0.25, 0.3) is 5.91 Å². The van der Waals surface area contributed by atoms with E-state index < -0.39 is 27.6 Å². The van der Waals surface area contributed by atoms with Gasteiger partial charge in [-0.15, -0.1) is 0 Å². The van der Waals surface area contributed by atoms with Crippen molar-refractivity contribution in [3.8, 4) is 0 Å². The van der Waals surface area contributed by atoms with Crippen LogP contribution in [0.15, 0.2) is 35.4 Å². The third kappa shape index (κ3) is 11.8. The predicted molar refractivity (Wildman–Crippen MR) is 167 cm³/mol. The van der Waals surface area contributed by atoms with Crippen LogP contribution in [0.4, 0.5) is 22.2 Å². The van der Waals surface area contributed by atoms with Gasteiger partial charge in [-0.05, 0) is 64.3 Å². The fraction of sp³-hybridized carbons (Fsp3) is 0.586. The zero-order valence-electron chi connectivity index (χ0n) is 25.7. The van der Waals surface area contributed by atoms with Gasteiger partial charge in [-0.1, -0.05) is 33.1 Å². The number of nitrogens with zero attached hydrogens (tertiary/aromatic N) is 3. The van der Waals surface area contributed by atoms with Crippen molar-refractivity contribution in [1.82, 2.24) is 19.6 Å². The Morgan fingerprint density at radius 2 is 1.57 bits per heavy atom. The van der Waals surface area contributed by atoms with Crippen molar-refractivity contribution in [3.05, 3.63) is 36.0 Å². The van der Waals surface area contributed by atoms with Gasteiger partial charge >= 0.3 is 6.09 Å². The van der Waals surface area contributed by atoms with Crippen LogP contribution in [0.2, 0.25) is 0 Å². The van der Waals surface area contributed by atoms with Gasteiger partial charge in [0.1, 0.15) is 17.0 Å². The minimum absolute atomic E-state index is 0.152. The van der Waals surface area contributed by atoms with E-state index in [0.29, 0.717) is 37.1 Å². The lowest BCUT2D eigenvalue weighted by Gasteiger charge is -2.19. The van der Waals surface area contributed by atoms with E-state index >= 15 is 0 Å². The lowest BCUT2D eigenvalue weighted by molar-refractivity contribution is 0.0526. The Balaban J connectivity index is 1.97. The molecule has 13 heteroatoms. The number of carbonyl (C=O) groups is 2. The molecule has 4 N–H and O–H groups in total. The van der Waals surface area contributed by atoms with Gasteiger partial charge in [-0.3, -0.25) is 4.79 Å². The van der Waals surface area contributed by atoms with Crippen molar-refractivity contribution in [2.45, 2.75) is 83.6 Å². The van der Waals surface area contributed by atoms with Gasteiger partial charge in [0.05, 0.1) is 4.90 Å². The van der Waals surface area contributed by atoms with Crippen molar-refractivity contribution in [3.63, 3.8) is 0 Å². The predicted octanol–water partition coefficient (Wildman–Crippen LogP) is 5.08. The first-order valence-electron chi connectivity index (χ1n) is 14.6. The number of carbonyl (C=O) groups excluding carboxylic acids is 2. The first kappa shape index (κ1) is 34.7. The van der Waals surface area contributed by atoms with Crippen LogP contribution in [0.3, 0.4) is 0 Å². The molecule has 0 aliphatic heterocycles. The quantitative estimate of drug-likeness (QED) is 0.181. The van der Waals surface area contributed by atoms with Crippen LogP contribution in [-0.4, -0.2) is 73.5 Å². The molecule has 42 heavy (non-hydrogen) atoms. The Morgan fingerprint density at radius 3 is 2.19 bits per heavy atom. The van der Waals surface area contributed by atoms with Crippen LogP contribution < -0.4 is 21.3 Å². The first-order chi connectivity index (χ1) is 19.9. The highest BCUT2D eigenvalue weighted by Gasteiger charge is 2.20. The molecule has 0 saturated heterocycles. The third-order valence-electron chi connectivity index (χ3n) is 6.18. The molecule has 0 spiro atoms. The third-order valence-corrected chi connectivity index (χ3v) is 8.12. The van der Waals surface area contributed by atoms with Crippen LogP contribution >= 0.6 is 0 Å². The molecule has 0 aliphatic rings. The molecular formula is C29H47N7O5S. The highest BCUT2D eigenvalue weighted by atomic mass is 32.2. The first-order valence-corrected chi connectivity index (χ1v) is 16.0. The van der Waals surface area contributed by atoms with Crippen LogP contribution in [0.25, 0.3) is 0 Å². The number of hydrogen-bond acceptors (Lipinski definition) is 9. The number of benzene rings is 1. The minimum atomic E-state index is -3.58. The summed E-state index contributed by atoms with van der Waals surface area (Å²) in [6.07, 6.45) is 6.61. The molecule has 1 heterocycles. The van der Waals surface area contributed by atoms with Gasteiger partial charge < -0.3 is 26.0 Å². The number of amides is 2. The Labute approximate surface area is 250 Å². The largest absolute Gasteiger partial charge is 0.444 e. The van der Waals surface area contributed by atoms with Crippen LogP contribution in [0, 0.1) is 0 Å². The molecule has 2 aromatic rings. The Kier molecular flexibility index (Phi) is 13.9. The van der Waals surface area contributed by atoms with Gasteiger partial charge in [0.2, 0.25) is 16.0 Å². The van der Waals surface area contributed by atoms with E-state index in [4.69, 9.17) is 4.74 Å². The number of aromatic nitrogens is 2. The molecule has 0 saturated carbocycles. The molecule has 0 aliphatic carbocycles. The minimum Gasteiger partial charge on any atom is -0.444 e.